The Morgan fingerprint density at radius 1 is 0.375 bits per heavy atom. The van der Waals surface area contributed by atoms with Crippen LogP contribution in [0.2, 0.25) is 0 Å². The van der Waals surface area contributed by atoms with Crippen LogP contribution in [0.15, 0.2) is 233 Å². The molecule has 1 aliphatic rings. The second kappa shape index (κ2) is 13.7. The van der Waals surface area contributed by atoms with E-state index in [1.807, 2.05) is 17.8 Å². The largest absolute Gasteiger partial charge is 0.454 e. The first-order valence-corrected chi connectivity index (χ1v) is 22.5. The SMILES string of the molecule is c1ccc(-c2c(N3c4ccccc4Sc4cc5ccn(-c6cccc7c6oc6ccccc67)c5cc43)cccc2-n2c3ccccc3c3cc4ccn(-c5ccccc5)c4cc32)cc1. The Kier molecular flexibility index (Phi) is 7.55. The van der Waals surface area contributed by atoms with Crippen LogP contribution >= 0.6 is 11.8 Å². The van der Waals surface area contributed by atoms with Crippen LogP contribution in [-0.4, -0.2) is 13.7 Å². The van der Waals surface area contributed by atoms with Crippen LogP contribution in [0.3, 0.4) is 0 Å². The molecule has 0 saturated carbocycles. The molecule has 0 unspecified atom stereocenters. The lowest BCUT2D eigenvalue weighted by molar-refractivity contribution is 0.666. The molecule has 0 amide bonds. The number of para-hydroxylation sites is 5. The smallest absolute Gasteiger partial charge is 0.159 e. The van der Waals surface area contributed by atoms with Gasteiger partial charge >= 0.3 is 0 Å². The first-order valence-electron chi connectivity index (χ1n) is 21.7. The van der Waals surface area contributed by atoms with Gasteiger partial charge < -0.3 is 23.0 Å². The molecule has 0 saturated heterocycles. The van der Waals surface area contributed by atoms with E-state index in [2.05, 4.69) is 231 Å². The van der Waals surface area contributed by atoms with Crippen molar-refractivity contribution in [1.82, 2.24) is 13.7 Å². The number of aromatic nitrogens is 3. The third-order valence-corrected chi connectivity index (χ3v) is 14.2. The zero-order valence-electron chi connectivity index (χ0n) is 34.4. The third-order valence-electron chi connectivity index (χ3n) is 13.1. The molecular formula is C58H36N4OS. The predicted octanol–water partition coefficient (Wildman–Crippen LogP) is 16.2. The van der Waals surface area contributed by atoms with E-state index in [0.29, 0.717) is 0 Å². The number of fused-ring (bicyclic) bond motifs is 10. The van der Waals surface area contributed by atoms with Crippen LogP contribution in [-0.2, 0) is 0 Å². The van der Waals surface area contributed by atoms with Gasteiger partial charge in [0.05, 0.1) is 50.5 Å². The Morgan fingerprint density at radius 3 is 1.92 bits per heavy atom. The van der Waals surface area contributed by atoms with Gasteiger partial charge in [-0.05, 0) is 96.6 Å². The molecule has 300 valence electrons. The van der Waals surface area contributed by atoms with Gasteiger partial charge in [0, 0.05) is 65.8 Å². The lowest BCUT2D eigenvalue weighted by Gasteiger charge is -2.35. The molecule has 0 aliphatic carbocycles. The second-order valence-electron chi connectivity index (χ2n) is 16.6. The van der Waals surface area contributed by atoms with Crippen molar-refractivity contribution in [2.75, 3.05) is 4.90 Å². The molecule has 0 radical (unpaired) electrons. The number of rotatable bonds is 5. The zero-order valence-corrected chi connectivity index (χ0v) is 35.2. The standard InChI is InChI=1S/C58H36N4OS/c1-3-15-37(16-4-1)57-47(61-45-22-9-7-19-41(45)44-33-38-29-31-59(50(38)35-52(44)61)40-17-5-2-6-18-40)24-14-25-48(57)62-46-23-10-12-28-55(46)64-56-34-39-30-32-60(51(39)36-53(56)62)49-26-13-21-43-42-20-8-11-27-54(42)63-58(43)49/h1-36H. The van der Waals surface area contributed by atoms with Crippen LogP contribution in [0, 0.1) is 0 Å². The van der Waals surface area contributed by atoms with Gasteiger partial charge in [0.15, 0.2) is 5.58 Å². The average Bonchev–Trinajstić information content (AvgIpc) is 4.14. The van der Waals surface area contributed by atoms with Crippen molar-refractivity contribution < 1.29 is 4.42 Å². The zero-order chi connectivity index (χ0) is 41.9. The first kappa shape index (κ1) is 35.4. The number of hydrogen-bond donors (Lipinski definition) is 0. The van der Waals surface area contributed by atoms with Gasteiger partial charge in [-0.1, -0.05) is 127 Å². The van der Waals surface area contributed by atoms with E-state index >= 15 is 0 Å². The summed E-state index contributed by atoms with van der Waals surface area (Å²) in [5.74, 6) is 0. The highest BCUT2D eigenvalue weighted by molar-refractivity contribution is 7.99. The topological polar surface area (TPSA) is 31.2 Å². The number of anilines is 3. The van der Waals surface area contributed by atoms with Crippen molar-refractivity contribution in [2.24, 2.45) is 0 Å². The fourth-order valence-electron chi connectivity index (χ4n) is 10.2. The van der Waals surface area contributed by atoms with Gasteiger partial charge in [-0.15, -0.1) is 0 Å². The van der Waals surface area contributed by atoms with Gasteiger partial charge in [0.1, 0.15) is 5.58 Å². The van der Waals surface area contributed by atoms with Crippen LogP contribution in [0.1, 0.15) is 0 Å². The van der Waals surface area contributed by atoms with E-state index in [-0.39, 0.29) is 0 Å². The van der Waals surface area contributed by atoms with Crippen LogP contribution in [0.5, 0.6) is 0 Å². The Morgan fingerprint density at radius 2 is 1.03 bits per heavy atom. The van der Waals surface area contributed by atoms with Crippen LogP contribution in [0.25, 0.3) is 93.7 Å². The van der Waals surface area contributed by atoms with E-state index < -0.39 is 0 Å². The maximum Gasteiger partial charge on any atom is 0.159 e. The molecule has 6 heteroatoms. The Bertz CT molecular complexity index is 4000. The molecular weight excluding hydrogens is 801 g/mol. The van der Waals surface area contributed by atoms with E-state index in [4.69, 9.17) is 4.42 Å². The highest BCUT2D eigenvalue weighted by Crippen LogP contribution is 2.55. The van der Waals surface area contributed by atoms with Gasteiger partial charge in [-0.25, -0.2) is 0 Å². The van der Waals surface area contributed by atoms with Gasteiger partial charge in [0.2, 0.25) is 0 Å². The number of benzene rings is 9. The van der Waals surface area contributed by atoms with Crippen molar-refractivity contribution in [3.8, 4) is 28.2 Å². The van der Waals surface area contributed by atoms with Gasteiger partial charge in [-0.2, -0.15) is 0 Å². The van der Waals surface area contributed by atoms with E-state index in [9.17, 15) is 0 Å². The lowest BCUT2D eigenvalue weighted by Crippen LogP contribution is -2.16. The number of furan rings is 1. The highest BCUT2D eigenvalue weighted by atomic mass is 32.2. The fraction of sp³-hybridized carbons (Fsp3) is 0. The van der Waals surface area contributed by atoms with Crippen LogP contribution in [0.4, 0.5) is 17.1 Å². The van der Waals surface area contributed by atoms with Crippen molar-refractivity contribution in [2.45, 2.75) is 9.79 Å². The molecule has 0 atom stereocenters. The Hall–Kier alpha value is -8.19. The average molecular weight is 837 g/mol. The molecule has 0 bridgehead atoms. The van der Waals surface area contributed by atoms with Crippen molar-refractivity contribution in [3.05, 3.63) is 219 Å². The van der Waals surface area contributed by atoms with Crippen molar-refractivity contribution in [3.63, 3.8) is 0 Å². The molecule has 4 aromatic heterocycles. The summed E-state index contributed by atoms with van der Waals surface area (Å²) in [7, 11) is 0. The van der Waals surface area contributed by atoms with Gasteiger partial charge in [-0.3, -0.25) is 0 Å². The van der Waals surface area contributed by atoms with E-state index in [1.54, 1.807) is 0 Å². The minimum atomic E-state index is 0.883. The summed E-state index contributed by atoms with van der Waals surface area (Å²) in [5, 5.41) is 7.08. The quantitative estimate of drug-likeness (QED) is 0.173. The molecule has 9 aromatic carbocycles. The molecule has 0 spiro atoms. The molecule has 0 fully saturated rings. The van der Waals surface area contributed by atoms with Crippen LogP contribution < -0.4 is 4.90 Å². The third kappa shape index (κ3) is 5.14. The van der Waals surface area contributed by atoms with Gasteiger partial charge in [0.25, 0.3) is 0 Å². The number of hydrogen-bond acceptors (Lipinski definition) is 3. The Labute approximate surface area is 372 Å². The molecule has 64 heavy (non-hydrogen) atoms. The molecule has 5 nitrogen and oxygen atoms in total. The summed E-state index contributed by atoms with van der Waals surface area (Å²) in [6.45, 7) is 0. The summed E-state index contributed by atoms with van der Waals surface area (Å²) in [5.41, 5.74) is 15.3. The summed E-state index contributed by atoms with van der Waals surface area (Å²) in [4.78, 5) is 4.92. The maximum atomic E-state index is 6.59. The predicted molar refractivity (Wildman–Crippen MR) is 266 cm³/mol. The summed E-state index contributed by atoms with van der Waals surface area (Å²) >= 11 is 1.84. The Balaban J connectivity index is 1.04. The van der Waals surface area contributed by atoms with Crippen molar-refractivity contribution in [1.29, 1.82) is 0 Å². The van der Waals surface area contributed by atoms with E-state index in [0.717, 1.165) is 78.2 Å². The molecule has 1 aliphatic heterocycles. The fourth-order valence-corrected chi connectivity index (χ4v) is 11.3. The normalized spacial score (nSPS) is 12.6. The summed E-state index contributed by atoms with van der Waals surface area (Å²) in [6, 6.07) is 74.8. The molecule has 0 N–H and O–H groups in total. The van der Waals surface area contributed by atoms with Crippen molar-refractivity contribution >= 4 is 94.4 Å². The maximum absolute atomic E-state index is 6.59. The minimum Gasteiger partial charge on any atom is -0.454 e. The minimum absolute atomic E-state index is 0.883. The molecule has 14 rings (SSSR count). The highest BCUT2D eigenvalue weighted by Gasteiger charge is 2.30. The van der Waals surface area contributed by atoms with E-state index in [1.165, 1.54) is 42.4 Å². The number of nitrogens with zero attached hydrogens (tertiary/aromatic N) is 4. The molecule has 5 heterocycles. The second-order valence-corrected chi connectivity index (χ2v) is 17.6. The summed E-state index contributed by atoms with van der Waals surface area (Å²) in [6.07, 6.45) is 4.37. The summed E-state index contributed by atoms with van der Waals surface area (Å²) < 4.78 is 13.7. The monoisotopic (exact) mass is 836 g/mol. The lowest BCUT2D eigenvalue weighted by atomic mass is 9.99. The molecule has 13 aromatic rings. The first-order chi connectivity index (χ1) is 31.7.